The largest absolute Gasteiger partial charge is 0.497 e. The van der Waals surface area contributed by atoms with Gasteiger partial charge in [-0.25, -0.2) is 9.78 Å². The number of benzene rings is 4. The van der Waals surface area contributed by atoms with Crippen molar-refractivity contribution in [3.05, 3.63) is 107 Å². The summed E-state index contributed by atoms with van der Waals surface area (Å²) in [4.78, 5) is 17.2. The molecule has 1 aromatic heterocycles. The molecule has 0 radical (unpaired) electrons. The second-order valence-electron chi connectivity index (χ2n) is 8.72. The summed E-state index contributed by atoms with van der Waals surface area (Å²) >= 11 is 1.03. The minimum Gasteiger partial charge on any atom is -0.497 e. The van der Waals surface area contributed by atoms with E-state index in [4.69, 9.17) is 18.4 Å². The van der Waals surface area contributed by atoms with Crippen LogP contribution in [0.1, 0.15) is 27.0 Å². The summed E-state index contributed by atoms with van der Waals surface area (Å²) < 4.78 is 49.9. The average molecular weight is 544 g/mol. The lowest BCUT2D eigenvalue weighted by Crippen LogP contribution is -2.33. The first-order chi connectivity index (χ1) is 18.4. The predicted octanol–water partition coefficient (Wildman–Crippen LogP) is 5.64. The summed E-state index contributed by atoms with van der Waals surface area (Å²) in [5, 5.41) is 0. The Morgan fingerprint density at radius 1 is 0.842 bits per heavy atom. The normalized spacial score (nSPS) is 17.3. The Morgan fingerprint density at radius 3 is 2.29 bits per heavy atom. The van der Waals surface area contributed by atoms with Crippen molar-refractivity contribution >= 4 is 37.6 Å². The molecule has 5 aromatic rings. The van der Waals surface area contributed by atoms with Gasteiger partial charge in [-0.15, -0.1) is 0 Å². The topological polar surface area (TPSA) is 101 Å². The summed E-state index contributed by atoms with van der Waals surface area (Å²) in [7, 11) is -2.67. The quantitative estimate of drug-likeness (QED) is 0.212. The molecule has 1 unspecified atom stereocenters. The summed E-state index contributed by atoms with van der Waals surface area (Å²) in [5.74, 6) is 0.807. The number of para-hydroxylation sites is 1. The van der Waals surface area contributed by atoms with Crippen LogP contribution in [0.5, 0.6) is 23.0 Å². The molecule has 0 fully saturated rings. The molecular formula is C28H17NO7S2. The van der Waals surface area contributed by atoms with Gasteiger partial charge in [0.05, 0.1) is 22.9 Å². The number of methoxy groups -OCH3 is 1. The number of nitrogens with zero attached hydrogens (tertiary/aromatic N) is 1. The zero-order valence-electron chi connectivity index (χ0n) is 19.7. The first kappa shape index (κ1) is 22.8. The average Bonchev–Trinajstić information content (AvgIpc) is 3.49. The fraction of sp³-hybridized carbons (Fsp3) is 0.0714. The lowest BCUT2D eigenvalue weighted by Gasteiger charge is -2.36. The Labute approximate surface area is 221 Å². The highest BCUT2D eigenvalue weighted by Gasteiger charge is 2.53. The minimum absolute atomic E-state index is 0.0297. The molecule has 2 aliphatic heterocycles. The third-order valence-electron chi connectivity index (χ3n) is 6.59. The van der Waals surface area contributed by atoms with Crippen molar-refractivity contribution in [3.63, 3.8) is 0 Å². The van der Waals surface area contributed by atoms with Crippen molar-refractivity contribution in [2.24, 2.45) is 0 Å². The van der Waals surface area contributed by atoms with Gasteiger partial charge < -0.3 is 18.4 Å². The monoisotopic (exact) mass is 543 g/mol. The SMILES string of the molecule is COc1ccc2c(c1)Oc1cc(OS(=O)(=O)c3nc4ccccc4s3)ccc1C21OC(=O)c2ccccc21. The summed E-state index contributed by atoms with van der Waals surface area (Å²) in [6.45, 7) is 0. The molecule has 38 heavy (non-hydrogen) atoms. The van der Waals surface area contributed by atoms with E-state index in [2.05, 4.69) is 4.98 Å². The van der Waals surface area contributed by atoms with E-state index in [0.29, 0.717) is 39.3 Å². The number of ether oxygens (including phenoxy) is 3. The number of rotatable bonds is 4. The fourth-order valence-electron chi connectivity index (χ4n) is 4.94. The summed E-state index contributed by atoms with van der Waals surface area (Å²) in [6, 6.07) is 24.2. The predicted molar refractivity (Wildman–Crippen MR) is 139 cm³/mol. The Morgan fingerprint density at radius 2 is 1.53 bits per heavy atom. The van der Waals surface area contributed by atoms with Crippen molar-refractivity contribution < 1.29 is 31.6 Å². The number of aromatic nitrogens is 1. The van der Waals surface area contributed by atoms with E-state index in [1.807, 2.05) is 18.2 Å². The van der Waals surface area contributed by atoms with E-state index in [1.165, 1.54) is 19.2 Å². The van der Waals surface area contributed by atoms with Gasteiger partial charge >= 0.3 is 16.1 Å². The van der Waals surface area contributed by atoms with Gasteiger partial charge in [-0.05, 0) is 42.5 Å². The van der Waals surface area contributed by atoms with E-state index in [0.717, 1.165) is 16.0 Å². The highest BCUT2D eigenvalue weighted by molar-refractivity contribution is 7.89. The molecule has 3 heterocycles. The number of carbonyl (C=O) groups excluding carboxylic acids is 1. The van der Waals surface area contributed by atoms with Crippen LogP contribution >= 0.6 is 11.3 Å². The van der Waals surface area contributed by atoms with E-state index >= 15 is 0 Å². The van der Waals surface area contributed by atoms with Gasteiger partial charge in [0.1, 0.15) is 23.0 Å². The van der Waals surface area contributed by atoms with Crippen LogP contribution in [0.25, 0.3) is 10.2 Å². The molecule has 0 bridgehead atoms. The van der Waals surface area contributed by atoms with Gasteiger partial charge in [0.25, 0.3) is 0 Å². The van der Waals surface area contributed by atoms with Gasteiger partial charge in [0.2, 0.25) is 4.34 Å². The zero-order valence-corrected chi connectivity index (χ0v) is 21.3. The number of thiazole rings is 1. The van der Waals surface area contributed by atoms with Gasteiger partial charge in [-0.2, -0.15) is 8.42 Å². The van der Waals surface area contributed by atoms with E-state index < -0.39 is 21.7 Å². The van der Waals surface area contributed by atoms with Gasteiger partial charge in [0, 0.05) is 28.8 Å². The molecule has 10 heteroatoms. The Balaban J connectivity index is 1.36. The molecule has 8 nitrogen and oxygen atoms in total. The van der Waals surface area contributed by atoms with Crippen LogP contribution in [0.15, 0.2) is 89.3 Å². The van der Waals surface area contributed by atoms with E-state index in [9.17, 15) is 13.2 Å². The van der Waals surface area contributed by atoms with Crippen LogP contribution in [0.2, 0.25) is 0 Å². The van der Waals surface area contributed by atoms with Crippen LogP contribution in [0, 0.1) is 0 Å². The highest BCUT2D eigenvalue weighted by atomic mass is 32.3. The lowest BCUT2D eigenvalue weighted by atomic mass is 9.77. The molecule has 4 aromatic carbocycles. The maximum absolute atomic E-state index is 13.1. The molecule has 1 spiro atoms. The Bertz CT molecular complexity index is 1860. The van der Waals surface area contributed by atoms with Gasteiger partial charge in [0.15, 0.2) is 5.60 Å². The van der Waals surface area contributed by atoms with Crippen LogP contribution in [0.4, 0.5) is 0 Å². The Kier molecular flexibility index (Phi) is 4.82. The zero-order chi connectivity index (χ0) is 26.1. The van der Waals surface area contributed by atoms with Crippen LogP contribution in [-0.4, -0.2) is 26.5 Å². The van der Waals surface area contributed by atoms with Crippen molar-refractivity contribution in [2.75, 3.05) is 7.11 Å². The number of fused-ring (bicyclic) bond motifs is 7. The second kappa shape index (κ2) is 8.04. The number of hydrogen-bond donors (Lipinski definition) is 0. The lowest BCUT2D eigenvalue weighted by molar-refractivity contribution is 0.0224. The van der Waals surface area contributed by atoms with Crippen molar-refractivity contribution in [1.29, 1.82) is 0 Å². The molecule has 2 aliphatic rings. The van der Waals surface area contributed by atoms with Crippen molar-refractivity contribution in [2.45, 2.75) is 9.94 Å². The molecule has 0 saturated carbocycles. The maximum Gasteiger partial charge on any atom is 0.366 e. The molecule has 0 amide bonds. The Hall–Kier alpha value is -4.41. The van der Waals surface area contributed by atoms with E-state index in [-0.39, 0.29) is 15.8 Å². The minimum atomic E-state index is -4.21. The number of esters is 1. The standard InChI is InChI=1S/C28H17NO7S2/c1-33-16-10-12-20-23(14-16)34-24-15-17(36-38(31,32)27-29-22-8-4-5-9-25(22)37-27)11-13-21(24)28(20)19-7-3-2-6-18(19)26(30)35-28/h2-15H,1H3. The first-order valence-electron chi connectivity index (χ1n) is 11.5. The molecule has 7 rings (SSSR count). The van der Waals surface area contributed by atoms with E-state index in [1.54, 1.807) is 54.6 Å². The van der Waals surface area contributed by atoms with Crippen LogP contribution < -0.4 is 13.7 Å². The molecule has 0 saturated heterocycles. The summed E-state index contributed by atoms with van der Waals surface area (Å²) in [5.41, 5.74) is 1.56. The third-order valence-corrected chi connectivity index (χ3v) is 9.21. The molecule has 0 aliphatic carbocycles. The second-order valence-corrected chi connectivity index (χ2v) is 11.5. The maximum atomic E-state index is 13.1. The third kappa shape index (κ3) is 3.24. The van der Waals surface area contributed by atoms with Crippen LogP contribution in [0.3, 0.4) is 0 Å². The smallest absolute Gasteiger partial charge is 0.366 e. The molecular weight excluding hydrogens is 526 g/mol. The molecule has 188 valence electrons. The number of carbonyl (C=O) groups is 1. The highest BCUT2D eigenvalue weighted by Crippen LogP contribution is 2.57. The first-order valence-corrected chi connectivity index (χ1v) is 13.8. The van der Waals surface area contributed by atoms with Crippen LogP contribution in [-0.2, 0) is 20.5 Å². The molecule has 1 atom stereocenters. The van der Waals surface area contributed by atoms with Gasteiger partial charge in [-0.1, -0.05) is 41.7 Å². The fourth-order valence-corrected chi connectivity index (χ4v) is 7.05. The molecule has 0 N–H and O–H groups in total. The van der Waals surface area contributed by atoms with Crippen molar-refractivity contribution in [1.82, 2.24) is 4.98 Å². The summed E-state index contributed by atoms with van der Waals surface area (Å²) in [6.07, 6.45) is 0. The van der Waals surface area contributed by atoms with Gasteiger partial charge in [-0.3, -0.25) is 0 Å². The number of hydrogen-bond acceptors (Lipinski definition) is 9. The van der Waals surface area contributed by atoms with Crippen molar-refractivity contribution in [3.8, 4) is 23.0 Å².